The minimum atomic E-state index is -0.284. The summed E-state index contributed by atoms with van der Waals surface area (Å²) in [5, 5.41) is 4.69. The van der Waals surface area contributed by atoms with E-state index in [1.807, 2.05) is 0 Å². The molecular weight excluding hydrogens is 313 g/mol. The summed E-state index contributed by atoms with van der Waals surface area (Å²) in [5.41, 5.74) is 0.460. The van der Waals surface area contributed by atoms with E-state index >= 15 is 0 Å². The van der Waals surface area contributed by atoms with Gasteiger partial charge >= 0.3 is 0 Å². The summed E-state index contributed by atoms with van der Waals surface area (Å²) in [6.45, 7) is -0.0954. The highest BCUT2D eigenvalue weighted by Crippen LogP contribution is 2.21. The minimum absolute atomic E-state index is 0.0954. The molecule has 0 fully saturated rings. The third-order valence-corrected chi connectivity index (χ3v) is 3.63. The number of carbonyl (C=O) groups excluding carboxylic acids is 1. The average molecular weight is 322 g/mol. The van der Waals surface area contributed by atoms with Crippen LogP contribution in [0.1, 0.15) is 10.4 Å². The Hall–Kier alpha value is -2.11. The van der Waals surface area contributed by atoms with E-state index in [0.29, 0.717) is 16.1 Å². The normalized spacial score (nSPS) is 11.0. The first kappa shape index (κ1) is 13.9. The van der Waals surface area contributed by atoms with Gasteiger partial charge in [0.25, 0.3) is 5.56 Å². The SMILES string of the molecule is O=C(Cn1ccn2nccc2c1=O)c1ccc(Cl)cc1Cl. The van der Waals surface area contributed by atoms with E-state index < -0.39 is 0 Å². The quantitative estimate of drug-likeness (QED) is 0.697. The second-order valence-electron chi connectivity index (χ2n) is 4.44. The molecule has 2 aromatic heterocycles. The summed E-state index contributed by atoms with van der Waals surface area (Å²) < 4.78 is 2.78. The number of hydrogen-bond donors (Lipinski definition) is 0. The molecule has 0 aliphatic heterocycles. The number of nitrogens with zero attached hydrogens (tertiary/aromatic N) is 3. The van der Waals surface area contributed by atoms with Crippen LogP contribution in [0.15, 0.2) is 47.7 Å². The first-order valence-corrected chi connectivity index (χ1v) is 6.83. The summed E-state index contributed by atoms with van der Waals surface area (Å²) in [6, 6.07) is 6.23. The highest BCUT2D eigenvalue weighted by Gasteiger charge is 2.13. The van der Waals surface area contributed by atoms with Gasteiger partial charge in [-0.3, -0.25) is 9.59 Å². The van der Waals surface area contributed by atoms with Crippen LogP contribution >= 0.6 is 23.2 Å². The number of halogens is 2. The Balaban J connectivity index is 1.96. The van der Waals surface area contributed by atoms with Gasteiger partial charge in [-0.25, -0.2) is 4.52 Å². The zero-order valence-electron chi connectivity index (χ0n) is 10.7. The standard InChI is InChI=1S/C14H9Cl2N3O2/c15-9-1-2-10(11(16)7-9)13(20)8-18-5-6-19-12(14(18)21)3-4-17-19/h1-7H,8H2. The summed E-state index contributed by atoms with van der Waals surface area (Å²) in [6.07, 6.45) is 4.66. The van der Waals surface area contributed by atoms with Gasteiger partial charge in [0.2, 0.25) is 0 Å². The summed E-state index contributed by atoms with van der Waals surface area (Å²) in [7, 11) is 0. The Morgan fingerprint density at radius 1 is 1.19 bits per heavy atom. The number of hydrogen-bond acceptors (Lipinski definition) is 3. The number of aromatic nitrogens is 3. The van der Waals surface area contributed by atoms with E-state index in [-0.39, 0.29) is 22.9 Å². The van der Waals surface area contributed by atoms with Crippen molar-refractivity contribution in [2.75, 3.05) is 0 Å². The molecule has 0 spiro atoms. The highest BCUT2D eigenvalue weighted by molar-refractivity contribution is 6.36. The molecule has 0 N–H and O–H groups in total. The van der Waals surface area contributed by atoms with Crippen LogP contribution in [-0.4, -0.2) is 20.0 Å². The molecule has 3 aromatic rings. The Labute approximate surface area is 129 Å². The van der Waals surface area contributed by atoms with Crippen molar-refractivity contribution in [2.24, 2.45) is 0 Å². The lowest BCUT2D eigenvalue weighted by Crippen LogP contribution is -2.25. The first-order valence-electron chi connectivity index (χ1n) is 6.07. The third-order valence-electron chi connectivity index (χ3n) is 3.08. The Morgan fingerprint density at radius 2 is 2.00 bits per heavy atom. The van der Waals surface area contributed by atoms with Gasteiger partial charge < -0.3 is 4.57 Å². The predicted octanol–water partition coefficient (Wildman–Crippen LogP) is 2.69. The molecule has 2 heterocycles. The molecule has 1 aromatic carbocycles. The lowest BCUT2D eigenvalue weighted by atomic mass is 10.1. The number of Topliss-reactive ketones (excluding diaryl/α,β-unsaturated/α-hetero) is 1. The number of ketones is 1. The number of fused-ring (bicyclic) bond motifs is 1. The van der Waals surface area contributed by atoms with E-state index in [1.165, 1.54) is 27.5 Å². The lowest BCUT2D eigenvalue weighted by Gasteiger charge is -2.07. The van der Waals surface area contributed by atoms with Gasteiger partial charge in [0.15, 0.2) is 5.78 Å². The maximum Gasteiger partial charge on any atom is 0.276 e. The summed E-state index contributed by atoms with van der Waals surface area (Å²) in [4.78, 5) is 24.5. The van der Waals surface area contributed by atoms with E-state index in [9.17, 15) is 9.59 Å². The number of carbonyl (C=O) groups is 1. The van der Waals surface area contributed by atoms with Crippen molar-refractivity contribution >= 4 is 34.5 Å². The van der Waals surface area contributed by atoms with Crippen LogP contribution in [0.2, 0.25) is 10.0 Å². The Kier molecular flexibility index (Phi) is 3.53. The van der Waals surface area contributed by atoms with Crippen molar-refractivity contribution in [1.29, 1.82) is 0 Å². The van der Waals surface area contributed by atoms with Crippen molar-refractivity contribution in [3.05, 3.63) is 68.8 Å². The van der Waals surface area contributed by atoms with Gasteiger partial charge in [0.1, 0.15) is 5.52 Å². The monoisotopic (exact) mass is 321 g/mol. The molecular formula is C14H9Cl2N3O2. The average Bonchev–Trinajstić information content (AvgIpc) is 2.91. The smallest absolute Gasteiger partial charge is 0.276 e. The van der Waals surface area contributed by atoms with Gasteiger partial charge in [0, 0.05) is 23.0 Å². The largest absolute Gasteiger partial charge is 0.304 e. The second-order valence-corrected chi connectivity index (χ2v) is 5.28. The molecule has 3 rings (SSSR count). The fourth-order valence-corrected chi connectivity index (χ4v) is 2.55. The van der Waals surface area contributed by atoms with E-state index in [1.54, 1.807) is 24.4 Å². The number of benzene rings is 1. The fourth-order valence-electron chi connectivity index (χ4n) is 2.04. The molecule has 0 atom stereocenters. The fraction of sp³-hybridized carbons (Fsp3) is 0.0714. The Morgan fingerprint density at radius 3 is 2.76 bits per heavy atom. The molecule has 0 unspecified atom stereocenters. The van der Waals surface area contributed by atoms with Gasteiger partial charge in [-0.15, -0.1) is 0 Å². The van der Waals surface area contributed by atoms with Gasteiger partial charge in [-0.1, -0.05) is 23.2 Å². The van der Waals surface area contributed by atoms with Gasteiger partial charge in [0.05, 0.1) is 17.8 Å². The zero-order valence-corrected chi connectivity index (χ0v) is 12.2. The molecule has 21 heavy (non-hydrogen) atoms. The summed E-state index contributed by atoms with van der Waals surface area (Å²) >= 11 is 11.8. The summed E-state index contributed by atoms with van der Waals surface area (Å²) in [5.74, 6) is -0.261. The molecule has 0 radical (unpaired) electrons. The van der Waals surface area contributed by atoms with E-state index in [2.05, 4.69) is 5.10 Å². The van der Waals surface area contributed by atoms with Crippen LogP contribution in [0.4, 0.5) is 0 Å². The molecule has 0 aliphatic rings. The molecule has 5 nitrogen and oxygen atoms in total. The van der Waals surface area contributed by atoms with E-state index in [4.69, 9.17) is 23.2 Å². The van der Waals surface area contributed by atoms with Crippen LogP contribution in [0.25, 0.3) is 5.52 Å². The maximum atomic E-state index is 12.3. The molecule has 0 saturated heterocycles. The van der Waals surface area contributed by atoms with Crippen molar-refractivity contribution in [2.45, 2.75) is 6.54 Å². The van der Waals surface area contributed by atoms with Crippen molar-refractivity contribution in [3.8, 4) is 0 Å². The molecule has 0 bridgehead atoms. The molecule has 0 aliphatic carbocycles. The highest BCUT2D eigenvalue weighted by atomic mass is 35.5. The molecule has 0 saturated carbocycles. The minimum Gasteiger partial charge on any atom is -0.304 e. The van der Waals surface area contributed by atoms with Crippen LogP contribution in [0.3, 0.4) is 0 Å². The maximum absolute atomic E-state index is 12.3. The van der Waals surface area contributed by atoms with Crippen molar-refractivity contribution < 1.29 is 4.79 Å². The van der Waals surface area contributed by atoms with Crippen LogP contribution in [0, 0.1) is 0 Å². The second kappa shape index (κ2) is 5.35. The van der Waals surface area contributed by atoms with Crippen molar-refractivity contribution in [3.63, 3.8) is 0 Å². The predicted molar refractivity (Wildman–Crippen MR) is 80.2 cm³/mol. The lowest BCUT2D eigenvalue weighted by molar-refractivity contribution is 0.0971. The molecule has 106 valence electrons. The molecule has 0 amide bonds. The van der Waals surface area contributed by atoms with Crippen LogP contribution in [-0.2, 0) is 6.54 Å². The first-order chi connectivity index (χ1) is 10.1. The van der Waals surface area contributed by atoms with Crippen molar-refractivity contribution in [1.82, 2.24) is 14.2 Å². The van der Waals surface area contributed by atoms with E-state index in [0.717, 1.165) is 0 Å². The van der Waals surface area contributed by atoms with Gasteiger partial charge in [-0.2, -0.15) is 5.10 Å². The van der Waals surface area contributed by atoms with Gasteiger partial charge in [-0.05, 0) is 24.3 Å². The molecule has 7 heteroatoms. The third kappa shape index (κ3) is 2.57. The van der Waals surface area contributed by atoms with Crippen LogP contribution in [0.5, 0.6) is 0 Å². The number of rotatable bonds is 3. The van der Waals surface area contributed by atoms with Crippen LogP contribution < -0.4 is 5.56 Å². The Bertz CT molecular complexity index is 899. The topological polar surface area (TPSA) is 56.4 Å². The zero-order chi connectivity index (χ0) is 15.0.